The van der Waals surface area contributed by atoms with E-state index in [9.17, 15) is 27.6 Å². The summed E-state index contributed by atoms with van der Waals surface area (Å²) in [6, 6.07) is 1.89. The lowest BCUT2D eigenvalue weighted by molar-refractivity contribution is -0.138. The first-order valence-electron chi connectivity index (χ1n) is 10.4. The lowest BCUT2D eigenvalue weighted by Crippen LogP contribution is -2.49. The second kappa shape index (κ2) is 8.01. The molecule has 31 heavy (non-hydrogen) atoms. The van der Waals surface area contributed by atoms with Crippen LogP contribution < -0.4 is 10.2 Å². The third-order valence-electron chi connectivity index (χ3n) is 6.28. The van der Waals surface area contributed by atoms with E-state index in [-0.39, 0.29) is 24.8 Å². The number of hydrogen-bond acceptors (Lipinski definition) is 5. The Morgan fingerprint density at radius 2 is 1.77 bits per heavy atom. The second-order valence-corrected chi connectivity index (χ2v) is 8.20. The second-order valence-electron chi connectivity index (χ2n) is 8.20. The summed E-state index contributed by atoms with van der Waals surface area (Å²) in [6.45, 7) is 1.72. The molecule has 0 radical (unpaired) electrons. The summed E-state index contributed by atoms with van der Waals surface area (Å²) >= 11 is 0. The van der Waals surface area contributed by atoms with Crippen molar-refractivity contribution in [2.75, 3.05) is 37.6 Å². The van der Waals surface area contributed by atoms with Crippen LogP contribution in [0.5, 0.6) is 0 Å². The average molecular weight is 439 g/mol. The predicted octanol–water partition coefficient (Wildman–Crippen LogP) is 2.00. The van der Waals surface area contributed by atoms with Gasteiger partial charge in [-0.25, -0.2) is 9.78 Å². The zero-order valence-corrected chi connectivity index (χ0v) is 17.0. The summed E-state index contributed by atoms with van der Waals surface area (Å²) in [7, 11) is 0. The van der Waals surface area contributed by atoms with Gasteiger partial charge in [0.05, 0.1) is 5.56 Å². The number of alkyl halides is 3. The fourth-order valence-corrected chi connectivity index (χ4v) is 4.49. The number of pyridine rings is 1. The average Bonchev–Trinajstić information content (AvgIpc) is 3.31. The Kier molecular flexibility index (Phi) is 5.52. The molecular formula is C20H24F3N5O3. The number of anilines is 1. The maximum Gasteiger partial charge on any atom is 0.417 e. The summed E-state index contributed by atoms with van der Waals surface area (Å²) in [4.78, 5) is 45.9. The summed E-state index contributed by atoms with van der Waals surface area (Å²) < 4.78 is 38.0. The van der Waals surface area contributed by atoms with Crippen LogP contribution in [0.2, 0.25) is 0 Å². The van der Waals surface area contributed by atoms with Crippen molar-refractivity contribution >= 4 is 23.7 Å². The van der Waals surface area contributed by atoms with Crippen LogP contribution in [0.25, 0.3) is 0 Å². The summed E-state index contributed by atoms with van der Waals surface area (Å²) in [5, 5.41) is 2.80. The van der Waals surface area contributed by atoms with Crippen molar-refractivity contribution in [3.63, 3.8) is 0 Å². The van der Waals surface area contributed by atoms with E-state index in [1.165, 1.54) is 6.07 Å². The molecule has 1 saturated carbocycles. The molecule has 4 amide bonds. The van der Waals surface area contributed by atoms with Crippen molar-refractivity contribution in [3.8, 4) is 0 Å². The number of nitrogens with one attached hydrogen (secondary N) is 1. The zero-order valence-electron chi connectivity index (χ0n) is 17.0. The number of aromatic nitrogens is 1. The number of rotatable bonds is 4. The Balaban J connectivity index is 1.27. The van der Waals surface area contributed by atoms with Crippen LogP contribution in [0.4, 0.5) is 23.8 Å². The van der Waals surface area contributed by atoms with E-state index < -0.39 is 23.3 Å². The molecule has 1 N–H and O–H groups in total. The smallest absolute Gasteiger partial charge is 0.353 e. The largest absolute Gasteiger partial charge is 0.417 e. The lowest BCUT2D eigenvalue weighted by Gasteiger charge is -2.35. The highest BCUT2D eigenvalue weighted by atomic mass is 19.4. The molecule has 0 bridgehead atoms. The third kappa shape index (κ3) is 4.17. The highest BCUT2D eigenvalue weighted by Gasteiger charge is 2.52. The Bertz CT molecular complexity index is 860. The molecule has 1 aromatic heterocycles. The maximum atomic E-state index is 12.7. The van der Waals surface area contributed by atoms with E-state index >= 15 is 0 Å². The first-order valence-corrected chi connectivity index (χ1v) is 10.4. The van der Waals surface area contributed by atoms with Crippen molar-refractivity contribution in [2.24, 2.45) is 0 Å². The van der Waals surface area contributed by atoms with Gasteiger partial charge in [-0.2, -0.15) is 13.2 Å². The first-order chi connectivity index (χ1) is 14.7. The van der Waals surface area contributed by atoms with E-state index in [2.05, 4.69) is 10.3 Å². The Labute approximate surface area is 177 Å². The molecule has 8 nitrogen and oxygen atoms in total. The van der Waals surface area contributed by atoms with Gasteiger partial charge in [-0.3, -0.25) is 14.5 Å². The number of carbonyl (C=O) groups is 3. The van der Waals surface area contributed by atoms with Gasteiger partial charge in [0.15, 0.2) is 0 Å². The lowest BCUT2D eigenvalue weighted by atomic mass is 9.98. The van der Waals surface area contributed by atoms with Crippen molar-refractivity contribution in [1.29, 1.82) is 0 Å². The number of urea groups is 1. The Morgan fingerprint density at radius 1 is 1.10 bits per heavy atom. The van der Waals surface area contributed by atoms with Crippen LogP contribution in [-0.4, -0.2) is 70.9 Å². The Hall–Kier alpha value is -2.85. The fourth-order valence-electron chi connectivity index (χ4n) is 4.49. The predicted molar refractivity (Wildman–Crippen MR) is 104 cm³/mol. The number of amides is 4. The van der Waals surface area contributed by atoms with Crippen LogP contribution >= 0.6 is 0 Å². The molecule has 3 aliphatic rings. The van der Waals surface area contributed by atoms with Gasteiger partial charge in [0.25, 0.3) is 5.91 Å². The molecule has 3 heterocycles. The summed E-state index contributed by atoms with van der Waals surface area (Å²) in [5.74, 6) is 0.0373. The standard InChI is InChI=1S/C20H24F3N5O3/c21-20(22,23)14-3-4-15(24-13-14)26-9-11-27(12-10-26)16(29)5-8-28-17(30)19(25-18(28)31)6-1-2-7-19/h3-4,13H,1-2,5-12H2,(H,25,31). The van der Waals surface area contributed by atoms with E-state index in [0.29, 0.717) is 44.8 Å². The topological polar surface area (TPSA) is 85.8 Å². The van der Waals surface area contributed by atoms with E-state index in [1.807, 2.05) is 4.90 Å². The fraction of sp³-hybridized carbons (Fsp3) is 0.600. The number of imide groups is 1. The maximum absolute atomic E-state index is 12.7. The minimum atomic E-state index is -4.43. The minimum absolute atomic E-state index is 0.0475. The highest BCUT2D eigenvalue weighted by molar-refractivity contribution is 6.07. The molecule has 1 spiro atoms. The van der Waals surface area contributed by atoms with Crippen LogP contribution in [0.15, 0.2) is 18.3 Å². The van der Waals surface area contributed by atoms with E-state index in [4.69, 9.17) is 0 Å². The van der Waals surface area contributed by atoms with Gasteiger partial charge in [-0.15, -0.1) is 0 Å². The van der Waals surface area contributed by atoms with Gasteiger partial charge in [0.1, 0.15) is 11.4 Å². The molecule has 1 aliphatic carbocycles. The molecular weight excluding hydrogens is 415 g/mol. The molecule has 0 atom stereocenters. The zero-order chi connectivity index (χ0) is 22.2. The number of halogens is 3. The van der Waals surface area contributed by atoms with Crippen molar-refractivity contribution < 1.29 is 27.6 Å². The van der Waals surface area contributed by atoms with Gasteiger partial charge in [0.2, 0.25) is 5.91 Å². The van der Waals surface area contributed by atoms with Crippen LogP contribution in [0.1, 0.15) is 37.7 Å². The third-order valence-corrected chi connectivity index (χ3v) is 6.28. The van der Waals surface area contributed by atoms with Gasteiger partial charge in [0, 0.05) is 45.3 Å². The quantitative estimate of drug-likeness (QED) is 0.726. The van der Waals surface area contributed by atoms with Crippen LogP contribution in [0.3, 0.4) is 0 Å². The molecule has 168 valence electrons. The Morgan fingerprint density at radius 3 is 2.35 bits per heavy atom. The highest BCUT2D eigenvalue weighted by Crippen LogP contribution is 2.35. The van der Waals surface area contributed by atoms with Crippen molar-refractivity contribution in [3.05, 3.63) is 23.9 Å². The monoisotopic (exact) mass is 439 g/mol. The summed E-state index contributed by atoms with van der Waals surface area (Å²) in [6.07, 6.45) is -0.491. The molecule has 2 aliphatic heterocycles. The minimum Gasteiger partial charge on any atom is -0.353 e. The number of carbonyl (C=O) groups excluding carboxylic acids is 3. The van der Waals surface area contributed by atoms with Crippen molar-refractivity contribution in [1.82, 2.24) is 20.1 Å². The summed E-state index contributed by atoms with van der Waals surface area (Å²) in [5.41, 5.74) is -1.58. The van der Waals surface area contributed by atoms with Gasteiger partial charge in [-0.1, -0.05) is 12.8 Å². The van der Waals surface area contributed by atoms with Crippen LogP contribution in [0, 0.1) is 0 Å². The molecule has 0 aromatic carbocycles. The number of hydrogen-bond donors (Lipinski definition) is 1. The van der Waals surface area contributed by atoms with E-state index in [1.54, 1.807) is 4.90 Å². The van der Waals surface area contributed by atoms with E-state index in [0.717, 1.165) is 30.0 Å². The molecule has 11 heteroatoms. The van der Waals surface area contributed by atoms with Crippen molar-refractivity contribution in [2.45, 2.75) is 43.8 Å². The number of piperazine rings is 1. The van der Waals surface area contributed by atoms with Gasteiger partial charge >= 0.3 is 12.2 Å². The molecule has 2 saturated heterocycles. The normalized spacial score (nSPS) is 21.2. The SMILES string of the molecule is O=C(CCN1C(=O)NC2(CCCC2)C1=O)N1CCN(c2ccc(C(F)(F)F)cn2)CC1. The van der Waals surface area contributed by atoms with Gasteiger partial charge in [-0.05, 0) is 25.0 Å². The molecule has 3 fully saturated rings. The molecule has 0 unspecified atom stereocenters. The van der Waals surface area contributed by atoms with Crippen LogP contribution in [-0.2, 0) is 15.8 Å². The van der Waals surface area contributed by atoms with Gasteiger partial charge < -0.3 is 15.1 Å². The molecule has 1 aromatic rings. The molecule has 4 rings (SSSR count). The first kappa shape index (κ1) is 21.4. The number of nitrogens with zero attached hydrogens (tertiary/aromatic N) is 4.